The molecule has 100 valence electrons. The second-order valence-electron chi connectivity index (χ2n) is 4.91. The number of nitrogens with two attached hydrogens (primary N) is 1. The van der Waals surface area contributed by atoms with E-state index in [1.165, 1.54) is 0 Å². The van der Waals surface area contributed by atoms with Gasteiger partial charge in [-0.2, -0.15) is 11.8 Å². The molecule has 3 atom stereocenters. The van der Waals surface area contributed by atoms with Crippen LogP contribution in [0.4, 0.5) is 0 Å². The summed E-state index contributed by atoms with van der Waals surface area (Å²) >= 11 is 1.68. The summed E-state index contributed by atoms with van der Waals surface area (Å²) in [5, 5.41) is 0. The first kappa shape index (κ1) is 14.8. The molecular formula is C12H24N2O2S. The Morgan fingerprint density at radius 2 is 2.06 bits per heavy atom. The van der Waals surface area contributed by atoms with Crippen molar-refractivity contribution in [2.75, 3.05) is 31.1 Å². The fraction of sp³-hybridized carbons (Fsp3) is 0.917. The Kier molecular flexibility index (Phi) is 6.30. The number of ether oxygens (including phenoxy) is 1. The summed E-state index contributed by atoms with van der Waals surface area (Å²) < 4.78 is 5.61. The van der Waals surface area contributed by atoms with Crippen LogP contribution in [-0.2, 0) is 9.53 Å². The first-order valence-corrected chi connectivity index (χ1v) is 7.39. The number of thioether (sulfide) groups is 1. The van der Waals surface area contributed by atoms with E-state index < -0.39 is 0 Å². The summed E-state index contributed by atoms with van der Waals surface area (Å²) in [6, 6.07) is 0. The number of hydrogen-bond acceptors (Lipinski definition) is 4. The van der Waals surface area contributed by atoms with Gasteiger partial charge in [-0.05, 0) is 32.1 Å². The van der Waals surface area contributed by atoms with Gasteiger partial charge in [0.25, 0.3) is 0 Å². The maximum Gasteiger partial charge on any atom is 0.232 e. The molecule has 1 rings (SSSR count). The number of amides is 1. The van der Waals surface area contributed by atoms with E-state index in [1.54, 1.807) is 11.8 Å². The maximum atomic E-state index is 12.0. The quantitative estimate of drug-likeness (QED) is 0.799. The summed E-state index contributed by atoms with van der Waals surface area (Å²) in [7, 11) is 0. The van der Waals surface area contributed by atoms with Gasteiger partial charge in [0.2, 0.25) is 5.91 Å². The minimum Gasteiger partial charge on any atom is -0.372 e. The van der Waals surface area contributed by atoms with Crippen molar-refractivity contribution in [3.8, 4) is 0 Å². The van der Waals surface area contributed by atoms with Gasteiger partial charge in [0.1, 0.15) is 0 Å². The van der Waals surface area contributed by atoms with Crippen LogP contribution in [0.5, 0.6) is 0 Å². The molecule has 1 heterocycles. The van der Waals surface area contributed by atoms with Gasteiger partial charge in [0.15, 0.2) is 0 Å². The van der Waals surface area contributed by atoms with Crippen molar-refractivity contribution in [1.29, 1.82) is 0 Å². The molecule has 1 aliphatic rings. The molecule has 17 heavy (non-hydrogen) atoms. The Morgan fingerprint density at radius 1 is 1.47 bits per heavy atom. The van der Waals surface area contributed by atoms with Crippen molar-refractivity contribution in [1.82, 2.24) is 4.90 Å². The molecule has 1 amide bonds. The lowest BCUT2D eigenvalue weighted by Crippen LogP contribution is -2.48. The van der Waals surface area contributed by atoms with Crippen LogP contribution in [0.2, 0.25) is 0 Å². The molecule has 0 aromatic heterocycles. The lowest BCUT2D eigenvalue weighted by atomic mass is 10.2. The van der Waals surface area contributed by atoms with Crippen LogP contribution >= 0.6 is 11.8 Å². The molecule has 1 aliphatic heterocycles. The van der Waals surface area contributed by atoms with E-state index in [1.807, 2.05) is 18.7 Å². The molecule has 0 aromatic carbocycles. The first-order valence-electron chi connectivity index (χ1n) is 6.24. The van der Waals surface area contributed by atoms with E-state index in [2.05, 4.69) is 6.92 Å². The molecule has 0 aromatic rings. The van der Waals surface area contributed by atoms with Crippen LogP contribution in [0.15, 0.2) is 0 Å². The van der Waals surface area contributed by atoms with Crippen molar-refractivity contribution in [3.63, 3.8) is 0 Å². The van der Waals surface area contributed by atoms with Gasteiger partial charge < -0.3 is 15.4 Å². The number of nitrogens with zero attached hydrogens (tertiary/aromatic N) is 1. The largest absolute Gasteiger partial charge is 0.372 e. The maximum absolute atomic E-state index is 12.0. The Labute approximate surface area is 108 Å². The third kappa shape index (κ3) is 5.27. The Bertz CT molecular complexity index is 241. The Morgan fingerprint density at radius 3 is 2.59 bits per heavy atom. The third-order valence-electron chi connectivity index (χ3n) is 2.80. The highest BCUT2D eigenvalue weighted by atomic mass is 32.2. The van der Waals surface area contributed by atoms with E-state index in [4.69, 9.17) is 10.5 Å². The van der Waals surface area contributed by atoms with Crippen molar-refractivity contribution < 1.29 is 9.53 Å². The zero-order valence-corrected chi connectivity index (χ0v) is 11.8. The zero-order chi connectivity index (χ0) is 12.8. The Hall–Kier alpha value is -0.260. The fourth-order valence-corrected chi connectivity index (χ4v) is 2.90. The molecule has 0 radical (unpaired) electrons. The summed E-state index contributed by atoms with van der Waals surface area (Å²) in [4.78, 5) is 13.9. The molecule has 0 aliphatic carbocycles. The van der Waals surface area contributed by atoms with Gasteiger partial charge >= 0.3 is 0 Å². The van der Waals surface area contributed by atoms with Crippen molar-refractivity contribution in [3.05, 3.63) is 0 Å². The standard InChI is InChI=1S/C12H24N2O2S/c1-9(4-13)7-17-8-12(15)14-5-10(2)16-11(3)6-14/h9-11H,4-8,13H2,1-3H3. The molecular weight excluding hydrogens is 236 g/mol. The van der Waals surface area contributed by atoms with Crippen LogP contribution in [0.25, 0.3) is 0 Å². The van der Waals surface area contributed by atoms with Crippen LogP contribution < -0.4 is 5.73 Å². The average Bonchev–Trinajstić information content (AvgIpc) is 2.27. The number of hydrogen-bond donors (Lipinski definition) is 1. The van der Waals surface area contributed by atoms with Gasteiger partial charge in [-0.1, -0.05) is 6.92 Å². The normalized spacial score (nSPS) is 26.9. The molecule has 1 saturated heterocycles. The van der Waals surface area contributed by atoms with Crippen molar-refractivity contribution in [2.45, 2.75) is 33.0 Å². The third-order valence-corrected chi connectivity index (χ3v) is 4.06. The predicted octanol–water partition coefficient (Wildman–Crippen LogP) is 0.950. The monoisotopic (exact) mass is 260 g/mol. The molecule has 1 fully saturated rings. The summed E-state index contributed by atoms with van der Waals surface area (Å²) in [6.07, 6.45) is 0.298. The second kappa shape index (κ2) is 7.24. The molecule has 0 spiro atoms. The van der Waals surface area contributed by atoms with Crippen molar-refractivity contribution in [2.24, 2.45) is 11.7 Å². The molecule has 2 N–H and O–H groups in total. The molecule has 4 nitrogen and oxygen atoms in total. The minimum absolute atomic E-state index is 0.149. The Balaban J connectivity index is 2.27. The highest BCUT2D eigenvalue weighted by molar-refractivity contribution is 7.99. The number of morpholine rings is 1. The average molecular weight is 260 g/mol. The SMILES string of the molecule is CC(CN)CSCC(=O)N1CC(C)OC(C)C1. The smallest absolute Gasteiger partial charge is 0.232 e. The van der Waals surface area contributed by atoms with Gasteiger partial charge in [-0.25, -0.2) is 0 Å². The highest BCUT2D eigenvalue weighted by Gasteiger charge is 2.25. The zero-order valence-electron chi connectivity index (χ0n) is 11.0. The van der Waals surface area contributed by atoms with Crippen LogP contribution in [0, 0.1) is 5.92 Å². The lowest BCUT2D eigenvalue weighted by molar-refractivity contribution is -0.140. The highest BCUT2D eigenvalue weighted by Crippen LogP contribution is 2.14. The number of rotatable bonds is 5. The van der Waals surface area contributed by atoms with Crippen molar-refractivity contribution >= 4 is 17.7 Å². The predicted molar refractivity (Wildman–Crippen MR) is 72.1 cm³/mol. The summed E-state index contributed by atoms with van der Waals surface area (Å²) in [5.41, 5.74) is 5.54. The van der Waals surface area contributed by atoms with Crippen LogP contribution in [0.3, 0.4) is 0 Å². The molecule has 0 bridgehead atoms. The molecule has 5 heteroatoms. The van der Waals surface area contributed by atoms with E-state index >= 15 is 0 Å². The van der Waals surface area contributed by atoms with E-state index in [0.717, 1.165) is 18.8 Å². The van der Waals surface area contributed by atoms with Gasteiger partial charge in [-0.3, -0.25) is 4.79 Å². The summed E-state index contributed by atoms with van der Waals surface area (Å²) in [6.45, 7) is 8.26. The van der Waals surface area contributed by atoms with Crippen LogP contribution in [-0.4, -0.2) is 54.2 Å². The fourth-order valence-electron chi connectivity index (χ4n) is 1.89. The van der Waals surface area contributed by atoms with E-state index in [-0.39, 0.29) is 18.1 Å². The summed E-state index contributed by atoms with van der Waals surface area (Å²) in [5.74, 6) is 2.22. The number of carbonyl (C=O) groups excluding carboxylic acids is 1. The number of carbonyl (C=O) groups is 1. The van der Waals surface area contributed by atoms with E-state index in [9.17, 15) is 4.79 Å². The van der Waals surface area contributed by atoms with Gasteiger partial charge in [0.05, 0.1) is 18.0 Å². The lowest BCUT2D eigenvalue weighted by Gasteiger charge is -2.35. The van der Waals surface area contributed by atoms with Gasteiger partial charge in [-0.15, -0.1) is 0 Å². The topological polar surface area (TPSA) is 55.6 Å². The minimum atomic E-state index is 0.149. The molecule has 0 saturated carbocycles. The molecule has 3 unspecified atom stereocenters. The van der Waals surface area contributed by atoms with Crippen LogP contribution in [0.1, 0.15) is 20.8 Å². The van der Waals surface area contributed by atoms with E-state index in [0.29, 0.717) is 18.2 Å². The van der Waals surface area contributed by atoms with Gasteiger partial charge in [0, 0.05) is 13.1 Å². The first-order chi connectivity index (χ1) is 8.02. The second-order valence-corrected chi connectivity index (χ2v) is 5.94.